The molecule has 0 unspecified atom stereocenters. The van der Waals surface area contributed by atoms with E-state index in [4.69, 9.17) is 4.74 Å². The van der Waals surface area contributed by atoms with Crippen LogP contribution in [0.2, 0.25) is 0 Å². The molecule has 0 aliphatic rings. The average molecular weight is 371 g/mol. The molecule has 0 bridgehead atoms. The number of ether oxygens (including phenoxy) is 3. The molecule has 0 spiro atoms. The van der Waals surface area contributed by atoms with Crippen LogP contribution in [0.3, 0.4) is 0 Å². The van der Waals surface area contributed by atoms with Gasteiger partial charge in [0, 0.05) is 5.69 Å². The van der Waals surface area contributed by atoms with Crippen molar-refractivity contribution in [1.29, 1.82) is 0 Å². The predicted molar refractivity (Wildman–Crippen MR) is 99.2 cm³/mol. The van der Waals surface area contributed by atoms with E-state index in [1.54, 1.807) is 6.07 Å². The first-order valence-corrected chi connectivity index (χ1v) is 8.15. The first-order valence-electron chi connectivity index (χ1n) is 8.15. The summed E-state index contributed by atoms with van der Waals surface area (Å²) in [7, 11) is 2.45. The van der Waals surface area contributed by atoms with Gasteiger partial charge in [0.1, 0.15) is 5.75 Å². The second kappa shape index (κ2) is 8.84. The van der Waals surface area contributed by atoms with Crippen molar-refractivity contribution in [2.75, 3.05) is 26.1 Å². The third-order valence-corrected chi connectivity index (χ3v) is 3.91. The molecule has 0 radical (unpaired) electrons. The van der Waals surface area contributed by atoms with Gasteiger partial charge < -0.3 is 19.5 Å². The van der Waals surface area contributed by atoms with Crippen LogP contribution in [-0.4, -0.2) is 38.7 Å². The fourth-order valence-electron chi connectivity index (χ4n) is 2.32. The van der Waals surface area contributed by atoms with Crippen LogP contribution in [0.25, 0.3) is 0 Å². The lowest BCUT2D eigenvalue weighted by molar-refractivity contribution is -0.118. The van der Waals surface area contributed by atoms with Crippen LogP contribution in [0.15, 0.2) is 36.4 Å². The first kappa shape index (κ1) is 20.0. The molecule has 2 aromatic carbocycles. The summed E-state index contributed by atoms with van der Waals surface area (Å²) in [6.45, 7) is 3.71. The molecule has 0 atom stereocenters. The molecule has 27 heavy (non-hydrogen) atoms. The van der Waals surface area contributed by atoms with Gasteiger partial charge in [0.05, 0.1) is 25.3 Å². The van der Waals surface area contributed by atoms with Gasteiger partial charge in [0.15, 0.2) is 6.61 Å². The van der Waals surface area contributed by atoms with Crippen molar-refractivity contribution in [3.05, 3.63) is 58.7 Å². The van der Waals surface area contributed by atoms with Crippen LogP contribution in [0, 0.1) is 13.8 Å². The van der Waals surface area contributed by atoms with Crippen molar-refractivity contribution < 1.29 is 28.6 Å². The van der Waals surface area contributed by atoms with Crippen LogP contribution >= 0.6 is 0 Å². The van der Waals surface area contributed by atoms with E-state index in [0.29, 0.717) is 5.75 Å². The molecule has 0 aliphatic carbocycles. The minimum absolute atomic E-state index is 0.116. The number of anilines is 1. The SMILES string of the molecule is COC(=O)c1cc(NC(=O)COc2ccc(C)c(C)c2)cc(C(=O)OC)c1. The van der Waals surface area contributed by atoms with E-state index in [1.807, 2.05) is 26.0 Å². The second-order valence-electron chi connectivity index (χ2n) is 5.87. The molecule has 142 valence electrons. The van der Waals surface area contributed by atoms with Crippen molar-refractivity contribution in [3.8, 4) is 5.75 Å². The Bertz CT molecular complexity index is 841. The van der Waals surface area contributed by atoms with Gasteiger partial charge >= 0.3 is 11.9 Å². The number of amides is 1. The Balaban J connectivity index is 2.12. The Morgan fingerprint density at radius 1 is 0.852 bits per heavy atom. The Hall–Kier alpha value is -3.35. The van der Waals surface area contributed by atoms with Gasteiger partial charge in [-0.2, -0.15) is 0 Å². The Morgan fingerprint density at radius 2 is 1.44 bits per heavy atom. The van der Waals surface area contributed by atoms with E-state index in [9.17, 15) is 14.4 Å². The molecular weight excluding hydrogens is 350 g/mol. The zero-order valence-electron chi connectivity index (χ0n) is 15.6. The fraction of sp³-hybridized carbons (Fsp3) is 0.250. The summed E-state index contributed by atoms with van der Waals surface area (Å²) >= 11 is 0. The molecule has 0 saturated heterocycles. The number of methoxy groups -OCH3 is 2. The van der Waals surface area contributed by atoms with Crippen molar-refractivity contribution in [2.45, 2.75) is 13.8 Å². The van der Waals surface area contributed by atoms with Crippen LogP contribution in [0.1, 0.15) is 31.8 Å². The number of carbonyl (C=O) groups excluding carboxylic acids is 3. The minimum Gasteiger partial charge on any atom is -0.484 e. The van der Waals surface area contributed by atoms with Crippen molar-refractivity contribution in [1.82, 2.24) is 0 Å². The molecule has 7 heteroatoms. The van der Waals surface area contributed by atoms with Gasteiger partial charge in [0.25, 0.3) is 5.91 Å². The third kappa shape index (κ3) is 5.31. The highest BCUT2D eigenvalue weighted by Gasteiger charge is 2.15. The summed E-state index contributed by atoms with van der Waals surface area (Å²) in [6, 6.07) is 9.68. The third-order valence-electron chi connectivity index (χ3n) is 3.91. The van der Waals surface area contributed by atoms with Crippen LogP contribution in [-0.2, 0) is 14.3 Å². The molecule has 0 saturated carbocycles. The summed E-state index contributed by atoms with van der Waals surface area (Å²) < 4.78 is 14.8. The van der Waals surface area contributed by atoms with E-state index < -0.39 is 17.8 Å². The van der Waals surface area contributed by atoms with E-state index in [-0.39, 0.29) is 23.4 Å². The van der Waals surface area contributed by atoms with Crippen LogP contribution in [0.5, 0.6) is 5.75 Å². The molecule has 2 aromatic rings. The summed E-state index contributed by atoms with van der Waals surface area (Å²) in [4.78, 5) is 35.7. The standard InChI is InChI=1S/C20H21NO6/c1-12-5-6-17(7-13(12)2)27-11-18(22)21-16-9-14(19(23)25-3)8-15(10-16)20(24)26-4/h5-10H,11H2,1-4H3,(H,21,22). The maximum atomic E-state index is 12.2. The van der Waals surface area contributed by atoms with Crippen LogP contribution < -0.4 is 10.1 Å². The number of esters is 2. The Kier molecular flexibility index (Phi) is 6.54. The Labute approximate surface area is 157 Å². The second-order valence-corrected chi connectivity index (χ2v) is 5.87. The maximum absolute atomic E-state index is 12.2. The van der Waals surface area contributed by atoms with Crippen molar-refractivity contribution >= 4 is 23.5 Å². The fourth-order valence-corrected chi connectivity index (χ4v) is 2.32. The number of carbonyl (C=O) groups is 3. The van der Waals surface area contributed by atoms with Gasteiger partial charge in [-0.25, -0.2) is 9.59 Å². The van der Waals surface area contributed by atoms with Crippen molar-refractivity contribution in [2.24, 2.45) is 0 Å². The smallest absolute Gasteiger partial charge is 0.337 e. The number of aryl methyl sites for hydroxylation is 2. The monoisotopic (exact) mass is 371 g/mol. The number of hydrogen-bond donors (Lipinski definition) is 1. The summed E-state index contributed by atoms with van der Waals surface area (Å²) in [5.41, 5.74) is 2.67. The lowest BCUT2D eigenvalue weighted by atomic mass is 10.1. The normalized spacial score (nSPS) is 10.1. The molecule has 0 aromatic heterocycles. The topological polar surface area (TPSA) is 90.9 Å². The van der Waals surface area contributed by atoms with Gasteiger partial charge in [-0.05, 0) is 55.3 Å². The number of rotatable bonds is 6. The van der Waals surface area contributed by atoms with E-state index in [0.717, 1.165) is 11.1 Å². The van der Waals surface area contributed by atoms with Gasteiger partial charge in [0.2, 0.25) is 0 Å². The highest BCUT2D eigenvalue weighted by molar-refractivity contribution is 5.99. The number of hydrogen-bond acceptors (Lipinski definition) is 6. The average Bonchev–Trinajstić information content (AvgIpc) is 2.67. The van der Waals surface area contributed by atoms with E-state index in [1.165, 1.54) is 32.4 Å². The Morgan fingerprint density at radius 3 is 1.96 bits per heavy atom. The molecule has 2 rings (SSSR count). The van der Waals surface area contributed by atoms with Crippen molar-refractivity contribution in [3.63, 3.8) is 0 Å². The van der Waals surface area contributed by atoms with Crippen LogP contribution in [0.4, 0.5) is 5.69 Å². The van der Waals surface area contributed by atoms with Gasteiger partial charge in [-0.1, -0.05) is 6.07 Å². The first-order chi connectivity index (χ1) is 12.8. The zero-order valence-corrected chi connectivity index (χ0v) is 15.6. The highest BCUT2D eigenvalue weighted by Crippen LogP contribution is 2.18. The molecule has 1 N–H and O–H groups in total. The zero-order chi connectivity index (χ0) is 20.0. The summed E-state index contributed by atoms with van der Waals surface area (Å²) in [5.74, 6) is -1.14. The summed E-state index contributed by atoms with van der Waals surface area (Å²) in [6.07, 6.45) is 0. The van der Waals surface area contributed by atoms with E-state index in [2.05, 4.69) is 14.8 Å². The largest absolute Gasteiger partial charge is 0.484 e. The minimum atomic E-state index is -0.636. The molecular formula is C20H21NO6. The van der Waals surface area contributed by atoms with E-state index >= 15 is 0 Å². The highest BCUT2D eigenvalue weighted by atomic mass is 16.5. The molecule has 7 nitrogen and oxygen atoms in total. The van der Waals surface area contributed by atoms with Gasteiger partial charge in [-0.15, -0.1) is 0 Å². The molecule has 1 amide bonds. The molecule has 0 heterocycles. The lowest BCUT2D eigenvalue weighted by Gasteiger charge is -2.11. The maximum Gasteiger partial charge on any atom is 0.337 e. The lowest BCUT2D eigenvalue weighted by Crippen LogP contribution is -2.21. The molecule has 0 fully saturated rings. The number of nitrogens with one attached hydrogen (secondary N) is 1. The van der Waals surface area contributed by atoms with Gasteiger partial charge in [-0.3, -0.25) is 4.79 Å². The molecule has 0 aliphatic heterocycles. The summed E-state index contributed by atoms with van der Waals surface area (Å²) in [5, 5.41) is 2.60. The quantitative estimate of drug-likeness (QED) is 0.785. The number of benzene rings is 2. The predicted octanol–water partition coefficient (Wildman–Crippen LogP) is 2.89.